The zero-order chi connectivity index (χ0) is 9.72. The van der Waals surface area contributed by atoms with Crippen molar-refractivity contribution >= 4 is 12.1 Å². The van der Waals surface area contributed by atoms with E-state index in [-0.39, 0.29) is 5.78 Å². The average Bonchev–Trinajstić information content (AvgIpc) is 2.05. The molecule has 3 nitrogen and oxygen atoms in total. The number of aliphatic hydroxyl groups excluding tert-OH is 1. The number of aldehydes is 1. The minimum atomic E-state index is -0.625. The van der Waals surface area contributed by atoms with Crippen molar-refractivity contribution in [2.24, 2.45) is 11.8 Å². The molecule has 0 aromatic rings. The Balaban J connectivity index is 4.32. The second kappa shape index (κ2) is 4.23. The van der Waals surface area contributed by atoms with Gasteiger partial charge in [-0.25, -0.2) is 0 Å². The summed E-state index contributed by atoms with van der Waals surface area (Å²) in [4.78, 5) is 21.2. The van der Waals surface area contributed by atoms with Crippen LogP contribution in [-0.2, 0) is 9.59 Å². The summed E-state index contributed by atoms with van der Waals surface area (Å²) in [6.07, 6.45) is 0.0681. The van der Waals surface area contributed by atoms with Crippen LogP contribution in [0.15, 0.2) is 0 Å². The molecular weight excluding hydrogens is 144 g/mol. The summed E-state index contributed by atoms with van der Waals surface area (Å²) in [5.41, 5.74) is 0. The van der Waals surface area contributed by atoms with Gasteiger partial charge in [-0.15, -0.1) is 0 Å². The molecule has 0 amide bonds. The Morgan fingerprint density at radius 2 is 2.18 bits per heavy atom. The number of rotatable bonds is 5. The summed E-state index contributed by atoms with van der Waals surface area (Å²) < 4.78 is 6.71. The third-order valence-electron chi connectivity index (χ3n) is 1.87. The average molecular weight is 160 g/mol. The van der Waals surface area contributed by atoms with Gasteiger partial charge in [0.2, 0.25) is 1.43 Å². The lowest BCUT2D eigenvalue weighted by atomic mass is 9.92. The zero-order valence-corrected chi connectivity index (χ0v) is 7.03. The largest absolute Gasteiger partial charge is 0.392 e. The third kappa shape index (κ3) is 2.80. The molecule has 3 heteroatoms. The topological polar surface area (TPSA) is 54.4 Å². The molecule has 0 aromatic heterocycles. The molecule has 11 heavy (non-hydrogen) atoms. The van der Waals surface area contributed by atoms with Crippen molar-refractivity contribution < 1.29 is 14.7 Å². The fourth-order valence-electron chi connectivity index (χ4n) is 0.764. The smallest absolute Gasteiger partial charge is 0.211 e. The zero-order valence-electron chi connectivity index (χ0n) is 8.03. The molecule has 0 rings (SSSR count). The quantitative estimate of drug-likeness (QED) is 0.592. The first kappa shape index (κ1) is 8.40. The van der Waals surface area contributed by atoms with Crippen LogP contribution in [0, 0.1) is 11.8 Å². The molecule has 0 radical (unpaired) electrons. The van der Waals surface area contributed by atoms with Crippen LogP contribution in [0.1, 0.15) is 20.8 Å². The lowest BCUT2D eigenvalue weighted by molar-refractivity contribution is -0.126. The lowest BCUT2D eigenvalue weighted by Crippen LogP contribution is -2.30. The molecule has 0 saturated carbocycles. The molecule has 0 aromatic carbocycles. The van der Waals surface area contributed by atoms with Crippen LogP contribution in [0.3, 0.4) is 0 Å². The number of carbonyl (C=O) groups excluding carboxylic acids is 2. The minimum absolute atomic E-state index is 0.0686. The summed E-state index contributed by atoms with van der Waals surface area (Å²) >= 11 is 0. The highest BCUT2D eigenvalue weighted by molar-refractivity contribution is 5.79. The Labute approximate surface area is 67.9 Å². The highest BCUT2D eigenvalue weighted by Gasteiger charge is 2.23. The third-order valence-corrected chi connectivity index (χ3v) is 1.87. The van der Waals surface area contributed by atoms with Crippen LogP contribution >= 0.6 is 0 Å². The predicted molar refractivity (Wildman–Crippen MR) is 41.1 cm³/mol. The van der Waals surface area contributed by atoms with Crippen LogP contribution in [0.2, 0.25) is 0 Å². The molecule has 0 heterocycles. The maximum atomic E-state index is 10.9. The summed E-state index contributed by atoms with van der Waals surface area (Å²) in [5.74, 6) is -0.884. The summed E-state index contributed by atoms with van der Waals surface area (Å²) in [7, 11) is 0. The molecule has 0 spiro atoms. The van der Waals surface area contributed by atoms with Crippen molar-refractivity contribution in [2.45, 2.75) is 26.9 Å². The monoisotopic (exact) mass is 160 g/mol. The van der Waals surface area contributed by atoms with E-state index in [1.54, 1.807) is 13.8 Å². The van der Waals surface area contributed by atoms with Crippen LogP contribution in [0.25, 0.3) is 0 Å². The second-order valence-corrected chi connectivity index (χ2v) is 2.86. The Hall–Kier alpha value is -0.700. The minimum Gasteiger partial charge on any atom is -0.392 e. The standard InChI is InChI=1S/C8H14O3/c1-5(4-9)8(11)6(2)7(3)10/h4-6,8,11H,1-3H3/t5-,6-,8-/m0/s1/i11T. The van der Waals surface area contributed by atoms with Crippen molar-refractivity contribution in [2.75, 3.05) is 0 Å². The van der Waals surface area contributed by atoms with Crippen molar-refractivity contribution in [3.63, 3.8) is 0 Å². The Bertz CT molecular complexity index is 170. The van der Waals surface area contributed by atoms with Crippen molar-refractivity contribution in [3.05, 3.63) is 0 Å². The molecule has 0 aliphatic rings. The van der Waals surface area contributed by atoms with E-state index in [9.17, 15) is 9.59 Å². The van der Waals surface area contributed by atoms with E-state index in [1.165, 1.54) is 6.92 Å². The summed E-state index contributed by atoms with van der Waals surface area (Å²) in [6, 6.07) is 0. The van der Waals surface area contributed by atoms with Gasteiger partial charge < -0.3 is 9.90 Å². The molecule has 3 atom stereocenters. The van der Waals surface area contributed by atoms with E-state index < -0.39 is 17.9 Å². The van der Waals surface area contributed by atoms with E-state index in [0.29, 0.717) is 6.29 Å². The van der Waals surface area contributed by atoms with Gasteiger partial charge in [0.25, 0.3) is 0 Å². The molecule has 0 unspecified atom stereocenters. The first-order valence-electron chi connectivity index (χ1n) is 4.03. The molecule has 0 aliphatic heterocycles. The molecule has 0 saturated heterocycles. The maximum absolute atomic E-state index is 10.9. The maximum Gasteiger partial charge on any atom is 0.211 e. The van der Waals surface area contributed by atoms with Gasteiger partial charge in [-0.3, -0.25) is 4.79 Å². The van der Waals surface area contributed by atoms with E-state index >= 15 is 0 Å². The molecular formula is C8H14O3. The van der Waals surface area contributed by atoms with Gasteiger partial charge in [-0.2, -0.15) is 0 Å². The van der Waals surface area contributed by atoms with Gasteiger partial charge >= 0.3 is 0 Å². The first-order chi connectivity index (χ1) is 5.54. The van der Waals surface area contributed by atoms with Crippen molar-refractivity contribution in [1.82, 2.24) is 0 Å². The lowest BCUT2D eigenvalue weighted by Gasteiger charge is -2.18. The van der Waals surface area contributed by atoms with Crippen molar-refractivity contribution in [1.29, 1.82) is 1.43 Å². The predicted octanol–water partition coefficient (Wildman–Crippen LogP) is 0.407. The number of ketones is 1. The fourth-order valence-corrected chi connectivity index (χ4v) is 0.764. The van der Waals surface area contributed by atoms with Gasteiger partial charge in [0, 0.05) is 11.8 Å². The van der Waals surface area contributed by atoms with Crippen molar-refractivity contribution in [3.8, 4) is 0 Å². The molecule has 1 N–H and O–H groups in total. The highest BCUT2D eigenvalue weighted by Crippen LogP contribution is 2.11. The van der Waals surface area contributed by atoms with E-state index in [1.807, 2.05) is 0 Å². The fraction of sp³-hybridized carbons (Fsp3) is 0.750. The number of hydrogen-bond donors (Lipinski definition) is 1. The first-order valence-corrected chi connectivity index (χ1v) is 3.62. The Morgan fingerprint density at radius 3 is 2.45 bits per heavy atom. The highest BCUT2D eigenvalue weighted by atomic mass is 16.3. The number of hydrogen-bond acceptors (Lipinski definition) is 3. The number of aliphatic hydroxyl groups is 1. The van der Waals surface area contributed by atoms with Gasteiger partial charge in [-0.1, -0.05) is 13.8 Å². The van der Waals surface area contributed by atoms with E-state index in [0.717, 1.165) is 0 Å². The Kier molecular flexibility index (Phi) is 3.23. The molecule has 0 fully saturated rings. The normalized spacial score (nSPS) is 19.7. The van der Waals surface area contributed by atoms with Crippen LogP contribution in [0.5, 0.6) is 0 Å². The SMILES string of the molecule is [3H]O[C@@H]([C@@H](C)C=O)[C@@H](C)C(C)=O. The summed E-state index contributed by atoms with van der Waals surface area (Å²) in [5, 5.41) is 4.32. The van der Waals surface area contributed by atoms with Gasteiger partial charge in [-0.05, 0) is 6.92 Å². The number of carbonyl (C=O) groups is 2. The molecule has 0 bridgehead atoms. The molecule has 0 aliphatic carbocycles. The Morgan fingerprint density at radius 1 is 1.64 bits per heavy atom. The summed E-state index contributed by atoms with van der Waals surface area (Å²) in [6.45, 7) is 4.71. The van der Waals surface area contributed by atoms with Gasteiger partial charge in [0.05, 0.1) is 6.10 Å². The second-order valence-electron chi connectivity index (χ2n) is 2.86. The van der Waals surface area contributed by atoms with Gasteiger partial charge in [0.1, 0.15) is 12.1 Å². The number of Topliss-reactive ketones (excluding diaryl/α,β-unsaturated/α-hetero) is 1. The van der Waals surface area contributed by atoms with E-state index in [4.69, 9.17) is 1.43 Å². The van der Waals surface area contributed by atoms with Gasteiger partial charge in [0.15, 0.2) is 0 Å². The van der Waals surface area contributed by atoms with Crippen LogP contribution < -0.4 is 0 Å². The van der Waals surface area contributed by atoms with E-state index in [2.05, 4.69) is 5.11 Å². The van der Waals surface area contributed by atoms with Crippen LogP contribution in [-0.4, -0.2) is 24.7 Å². The van der Waals surface area contributed by atoms with Crippen LogP contribution in [0.4, 0.5) is 0 Å². The molecule has 64 valence electrons.